The van der Waals surface area contributed by atoms with Gasteiger partial charge in [-0.15, -0.1) is 0 Å². The van der Waals surface area contributed by atoms with E-state index >= 15 is 0 Å². The summed E-state index contributed by atoms with van der Waals surface area (Å²) < 4.78 is 11.2. The first-order valence-corrected chi connectivity index (χ1v) is 9.53. The Morgan fingerprint density at radius 1 is 1.04 bits per heavy atom. The summed E-state index contributed by atoms with van der Waals surface area (Å²) in [7, 11) is 0. The van der Waals surface area contributed by atoms with Crippen LogP contribution in [0.2, 0.25) is 0 Å². The van der Waals surface area contributed by atoms with Crippen LogP contribution in [-0.2, 0) is 16.0 Å². The van der Waals surface area contributed by atoms with Crippen LogP contribution in [0, 0.1) is 0 Å². The van der Waals surface area contributed by atoms with Crippen LogP contribution >= 0.6 is 0 Å². The van der Waals surface area contributed by atoms with Crippen LogP contribution in [-0.4, -0.2) is 30.1 Å². The third-order valence-corrected chi connectivity index (χ3v) is 5.95. The minimum absolute atomic E-state index is 0.0679. The standard InChI is InChI=1S/C22H21NO4/c24-20-11-18(14-5-2-1-3-6-14)22(25)23(20)12-15-7-4-8-17-16(15)9-10-19-21(17)27-13-26-19/h1-3,5-6,9-10,15,18H,4,7-8,11-13H2. The summed E-state index contributed by atoms with van der Waals surface area (Å²) in [5.41, 5.74) is 3.29. The number of hydrogen-bond acceptors (Lipinski definition) is 4. The van der Waals surface area contributed by atoms with Crippen LogP contribution in [0.5, 0.6) is 11.5 Å². The molecule has 3 aliphatic rings. The molecule has 1 aliphatic carbocycles. The van der Waals surface area contributed by atoms with Gasteiger partial charge in [0.15, 0.2) is 11.5 Å². The van der Waals surface area contributed by atoms with Gasteiger partial charge in [-0.1, -0.05) is 36.4 Å². The molecule has 138 valence electrons. The Balaban J connectivity index is 1.40. The lowest BCUT2D eigenvalue weighted by Gasteiger charge is -2.29. The highest BCUT2D eigenvalue weighted by Crippen LogP contribution is 2.44. The summed E-state index contributed by atoms with van der Waals surface area (Å²) in [4.78, 5) is 27.0. The van der Waals surface area contributed by atoms with Gasteiger partial charge in [-0.3, -0.25) is 14.5 Å². The van der Waals surface area contributed by atoms with Gasteiger partial charge >= 0.3 is 0 Å². The molecule has 2 aliphatic heterocycles. The van der Waals surface area contributed by atoms with Crippen molar-refractivity contribution in [1.82, 2.24) is 4.90 Å². The van der Waals surface area contributed by atoms with E-state index in [1.807, 2.05) is 36.4 Å². The molecule has 1 saturated heterocycles. The Labute approximate surface area is 157 Å². The summed E-state index contributed by atoms with van der Waals surface area (Å²) in [5.74, 6) is 1.32. The predicted octanol–water partition coefficient (Wildman–Crippen LogP) is 3.38. The number of rotatable bonds is 3. The van der Waals surface area contributed by atoms with Crippen LogP contribution in [0.15, 0.2) is 42.5 Å². The van der Waals surface area contributed by atoms with E-state index in [-0.39, 0.29) is 36.9 Å². The average Bonchev–Trinajstić information content (AvgIpc) is 3.29. The van der Waals surface area contributed by atoms with Crippen molar-refractivity contribution in [3.05, 3.63) is 59.2 Å². The van der Waals surface area contributed by atoms with Crippen molar-refractivity contribution < 1.29 is 19.1 Å². The Bertz CT molecular complexity index is 908. The van der Waals surface area contributed by atoms with Crippen molar-refractivity contribution in [2.24, 2.45) is 0 Å². The minimum Gasteiger partial charge on any atom is -0.454 e. The predicted molar refractivity (Wildman–Crippen MR) is 98.8 cm³/mol. The average molecular weight is 363 g/mol. The fourth-order valence-corrected chi connectivity index (χ4v) is 4.60. The van der Waals surface area contributed by atoms with Crippen molar-refractivity contribution in [1.29, 1.82) is 0 Å². The molecule has 2 unspecified atom stereocenters. The van der Waals surface area contributed by atoms with E-state index < -0.39 is 0 Å². The van der Waals surface area contributed by atoms with E-state index in [2.05, 4.69) is 6.07 Å². The number of imide groups is 1. The molecule has 2 aromatic rings. The van der Waals surface area contributed by atoms with E-state index in [0.29, 0.717) is 6.54 Å². The van der Waals surface area contributed by atoms with Crippen molar-refractivity contribution in [2.75, 3.05) is 13.3 Å². The second kappa shape index (κ2) is 6.41. The van der Waals surface area contributed by atoms with Crippen molar-refractivity contribution >= 4 is 11.8 Å². The number of likely N-dealkylation sites (tertiary alicyclic amines) is 1. The first kappa shape index (κ1) is 16.4. The summed E-state index contributed by atoms with van der Waals surface area (Å²) in [5, 5.41) is 0. The Morgan fingerprint density at radius 2 is 1.89 bits per heavy atom. The van der Waals surface area contributed by atoms with E-state index in [1.54, 1.807) is 0 Å². The lowest BCUT2D eigenvalue weighted by atomic mass is 9.82. The largest absolute Gasteiger partial charge is 0.454 e. The molecule has 0 aromatic heterocycles. The third-order valence-electron chi connectivity index (χ3n) is 5.95. The number of ether oxygens (including phenoxy) is 2. The highest BCUT2D eigenvalue weighted by atomic mass is 16.7. The fraction of sp³-hybridized carbons (Fsp3) is 0.364. The summed E-state index contributed by atoms with van der Waals surface area (Å²) in [6.07, 6.45) is 3.21. The molecule has 2 aromatic carbocycles. The Hall–Kier alpha value is -2.82. The molecule has 0 spiro atoms. The van der Waals surface area contributed by atoms with Crippen LogP contribution < -0.4 is 9.47 Å². The monoisotopic (exact) mass is 363 g/mol. The second-order valence-corrected chi connectivity index (χ2v) is 7.47. The van der Waals surface area contributed by atoms with E-state index in [9.17, 15) is 9.59 Å². The smallest absolute Gasteiger partial charge is 0.237 e. The van der Waals surface area contributed by atoms with Gasteiger partial charge in [0.25, 0.3) is 0 Å². The first-order chi connectivity index (χ1) is 13.2. The van der Waals surface area contributed by atoms with Crippen LogP contribution in [0.4, 0.5) is 0 Å². The second-order valence-electron chi connectivity index (χ2n) is 7.47. The third kappa shape index (κ3) is 2.69. The lowest BCUT2D eigenvalue weighted by molar-refractivity contribution is -0.139. The summed E-state index contributed by atoms with van der Waals surface area (Å²) >= 11 is 0. The number of carbonyl (C=O) groups excluding carboxylic acids is 2. The quantitative estimate of drug-likeness (QED) is 0.785. The fourth-order valence-electron chi connectivity index (χ4n) is 4.60. The lowest BCUT2D eigenvalue weighted by Crippen LogP contribution is -2.35. The van der Waals surface area contributed by atoms with Crippen molar-refractivity contribution in [3.63, 3.8) is 0 Å². The molecule has 27 heavy (non-hydrogen) atoms. The molecule has 0 saturated carbocycles. The van der Waals surface area contributed by atoms with Gasteiger partial charge in [-0.2, -0.15) is 0 Å². The van der Waals surface area contributed by atoms with Crippen molar-refractivity contribution in [3.8, 4) is 11.5 Å². The Kier molecular flexibility index (Phi) is 3.88. The van der Waals surface area contributed by atoms with Crippen LogP contribution in [0.3, 0.4) is 0 Å². The molecule has 0 N–H and O–H groups in total. The maximum atomic E-state index is 12.9. The van der Waals surface area contributed by atoms with E-state index in [4.69, 9.17) is 9.47 Å². The van der Waals surface area contributed by atoms with Crippen molar-refractivity contribution in [2.45, 2.75) is 37.5 Å². The zero-order valence-electron chi connectivity index (χ0n) is 15.0. The van der Waals surface area contributed by atoms with E-state index in [1.165, 1.54) is 16.0 Å². The number of fused-ring (bicyclic) bond motifs is 3. The zero-order chi connectivity index (χ0) is 18.4. The number of amides is 2. The topological polar surface area (TPSA) is 55.8 Å². The maximum Gasteiger partial charge on any atom is 0.237 e. The van der Waals surface area contributed by atoms with Crippen LogP contribution in [0.25, 0.3) is 0 Å². The normalized spacial score (nSPS) is 23.6. The van der Waals surface area contributed by atoms with Gasteiger partial charge in [-0.05, 0) is 36.5 Å². The molecule has 5 rings (SSSR count). The molecule has 0 radical (unpaired) electrons. The van der Waals surface area contributed by atoms with Gasteiger partial charge in [-0.25, -0.2) is 0 Å². The minimum atomic E-state index is -0.349. The van der Waals surface area contributed by atoms with Gasteiger partial charge < -0.3 is 9.47 Å². The molecule has 5 nitrogen and oxygen atoms in total. The molecular weight excluding hydrogens is 342 g/mol. The van der Waals surface area contributed by atoms with Gasteiger partial charge in [0.1, 0.15) is 0 Å². The molecule has 5 heteroatoms. The summed E-state index contributed by atoms with van der Waals surface area (Å²) in [6, 6.07) is 13.6. The number of nitrogens with zero attached hydrogens (tertiary/aromatic N) is 1. The highest BCUT2D eigenvalue weighted by molar-refractivity contribution is 6.06. The van der Waals surface area contributed by atoms with Gasteiger partial charge in [0, 0.05) is 24.4 Å². The number of carbonyl (C=O) groups is 2. The van der Waals surface area contributed by atoms with Gasteiger partial charge in [0.2, 0.25) is 18.6 Å². The molecule has 2 amide bonds. The maximum absolute atomic E-state index is 12.9. The van der Waals surface area contributed by atoms with Gasteiger partial charge in [0.05, 0.1) is 5.92 Å². The molecule has 0 bridgehead atoms. The zero-order valence-corrected chi connectivity index (χ0v) is 15.0. The SMILES string of the molecule is O=C1CC(c2ccccc2)C(=O)N1CC1CCCc2c1ccc1c2OCO1. The highest BCUT2D eigenvalue weighted by Gasteiger charge is 2.41. The molecule has 2 atom stereocenters. The van der Waals surface area contributed by atoms with E-state index in [0.717, 1.165) is 36.3 Å². The molecular formula is C22H21NO4. The van der Waals surface area contributed by atoms with Crippen LogP contribution in [0.1, 0.15) is 47.8 Å². The Morgan fingerprint density at radius 3 is 2.74 bits per heavy atom. The first-order valence-electron chi connectivity index (χ1n) is 9.53. The number of benzene rings is 2. The molecule has 1 fully saturated rings. The molecule has 2 heterocycles. The summed E-state index contributed by atoms with van der Waals surface area (Å²) in [6.45, 7) is 0.714. The number of hydrogen-bond donors (Lipinski definition) is 0.